The molecule has 258 valence electrons. The average molecular weight is 728 g/mol. The topological polar surface area (TPSA) is 95.4 Å². The smallest absolute Gasteiger partial charge is 0.280 e. The van der Waals surface area contributed by atoms with E-state index in [1.165, 1.54) is 10.0 Å². The highest BCUT2D eigenvalue weighted by Crippen LogP contribution is 2.32. The third-order valence-electron chi connectivity index (χ3n) is 9.28. The summed E-state index contributed by atoms with van der Waals surface area (Å²) in [6.45, 7) is 4.24. The van der Waals surface area contributed by atoms with Crippen LogP contribution in [-0.2, 0) is 22.7 Å². The minimum atomic E-state index is -0.767. The summed E-state index contributed by atoms with van der Waals surface area (Å²) < 4.78 is 4.03. The summed E-state index contributed by atoms with van der Waals surface area (Å²) in [7, 11) is 0. The maximum atomic E-state index is 13.5. The fourth-order valence-electron chi connectivity index (χ4n) is 6.84. The molecular formula is C41H32Cl2N6O3. The predicted octanol–water partition coefficient (Wildman–Crippen LogP) is 8.58. The van der Waals surface area contributed by atoms with Crippen LogP contribution in [0, 0.1) is 0 Å². The lowest BCUT2D eigenvalue weighted by Gasteiger charge is -2.14. The van der Waals surface area contributed by atoms with Crippen LogP contribution in [0.2, 0.25) is 10.0 Å². The van der Waals surface area contributed by atoms with Gasteiger partial charge in [0.2, 0.25) is 0 Å². The van der Waals surface area contributed by atoms with E-state index in [1.807, 2.05) is 96.1 Å². The van der Waals surface area contributed by atoms with Crippen molar-refractivity contribution in [1.82, 2.24) is 9.13 Å². The van der Waals surface area contributed by atoms with Gasteiger partial charge in [-0.2, -0.15) is 20.2 Å². The van der Waals surface area contributed by atoms with Gasteiger partial charge in [-0.15, -0.1) is 0 Å². The van der Waals surface area contributed by atoms with Crippen molar-refractivity contribution >= 4 is 91.8 Å². The number of amides is 2. The molecular weight excluding hydrogens is 695 g/mol. The molecule has 0 saturated heterocycles. The van der Waals surface area contributed by atoms with Gasteiger partial charge >= 0.3 is 0 Å². The van der Waals surface area contributed by atoms with Gasteiger partial charge in [0, 0.05) is 55.4 Å². The molecule has 8 rings (SSSR count). The summed E-state index contributed by atoms with van der Waals surface area (Å²) in [5.41, 5.74) is 6.93. The summed E-state index contributed by atoms with van der Waals surface area (Å²) in [5.74, 6) is -0.473. The number of hydrogen-bond donors (Lipinski definition) is 1. The highest BCUT2D eigenvalue weighted by molar-refractivity contribution is 6.34. The molecule has 0 fully saturated rings. The zero-order valence-electron chi connectivity index (χ0n) is 28.2. The molecule has 9 nitrogen and oxygen atoms in total. The summed E-state index contributed by atoms with van der Waals surface area (Å²) in [6.07, 6.45) is 6.88. The molecule has 0 radical (unpaired) electrons. The van der Waals surface area contributed by atoms with Gasteiger partial charge in [0.15, 0.2) is 0 Å². The molecule has 6 aromatic rings. The van der Waals surface area contributed by atoms with Crippen LogP contribution in [-0.4, -0.2) is 43.6 Å². The first-order valence-corrected chi connectivity index (χ1v) is 17.5. The first-order chi connectivity index (χ1) is 25.1. The van der Waals surface area contributed by atoms with Crippen molar-refractivity contribution in [2.75, 3.05) is 10.0 Å². The van der Waals surface area contributed by atoms with Gasteiger partial charge in [0.05, 0.1) is 53.1 Å². The Labute approximate surface area is 309 Å². The Balaban J connectivity index is 1.06. The molecule has 0 spiro atoms. The van der Waals surface area contributed by atoms with Crippen molar-refractivity contribution in [2.45, 2.75) is 33.0 Å². The zero-order chi connectivity index (χ0) is 36.1. The molecule has 0 saturated carbocycles. The number of aromatic nitrogens is 2. The lowest BCUT2D eigenvalue weighted by Crippen LogP contribution is -2.21. The Morgan fingerprint density at radius 2 is 1.06 bits per heavy atom. The van der Waals surface area contributed by atoms with Crippen LogP contribution < -0.4 is 10.0 Å². The van der Waals surface area contributed by atoms with Crippen molar-refractivity contribution in [2.24, 2.45) is 10.2 Å². The fourth-order valence-corrected chi connectivity index (χ4v) is 7.21. The van der Waals surface area contributed by atoms with Crippen molar-refractivity contribution in [1.29, 1.82) is 0 Å². The van der Waals surface area contributed by atoms with Crippen molar-refractivity contribution in [3.8, 4) is 0 Å². The maximum absolute atomic E-state index is 13.5. The van der Waals surface area contributed by atoms with E-state index in [4.69, 9.17) is 23.2 Å². The predicted molar refractivity (Wildman–Crippen MR) is 210 cm³/mol. The van der Waals surface area contributed by atoms with Gasteiger partial charge in [0.25, 0.3) is 11.8 Å². The first kappa shape index (κ1) is 33.4. The zero-order valence-corrected chi connectivity index (χ0v) is 29.8. The second-order valence-corrected chi connectivity index (χ2v) is 13.7. The number of rotatable bonds is 8. The van der Waals surface area contributed by atoms with Gasteiger partial charge in [-0.05, 0) is 74.5 Å². The molecule has 0 bridgehead atoms. The monoisotopic (exact) mass is 726 g/mol. The number of halogens is 2. The van der Waals surface area contributed by atoms with E-state index in [0.29, 0.717) is 57.1 Å². The lowest BCUT2D eigenvalue weighted by molar-refractivity contribution is -0.115. The number of fused-ring (bicyclic) bond motifs is 2. The number of carbonyl (C=O) groups excluding carboxylic acids is 2. The number of anilines is 2. The van der Waals surface area contributed by atoms with Crippen LogP contribution in [0.4, 0.5) is 11.4 Å². The number of hydrazone groups is 2. The Hall–Kier alpha value is -5.74. The standard InChI is InChI=1S/C41H32Cl2N6O3/c1-25-36(40(51)48(44-25)31-11-7-9-29(42)19-31)17-27-21-46(38-15-5-3-13-34(27)38)23-33(50)24-47-22-28(35-14-4-6-16-39(35)47)18-37-26(2)45-49(41(37)52)32-12-8-10-30(43)20-32/h3-22,33,50H,23-24H2,1-2H3/b36-17-,37-18-. The molecule has 0 unspecified atom stereocenters. The molecule has 52 heavy (non-hydrogen) atoms. The third-order valence-corrected chi connectivity index (χ3v) is 9.75. The summed E-state index contributed by atoms with van der Waals surface area (Å²) in [6, 6.07) is 29.9. The van der Waals surface area contributed by atoms with E-state index in [1.54, 1.807) is 48.5 Å². The van der Waals surface area contributed by atoms with Gasteiger partial charge < -0.3 is 14.2 Å². The van der Waals surface area contributed by atoms with E-state index < -0.39 is 6.10 Å². The van der Waals surface area contributed by atoms with E-state index >= 15 is 0 Å². The second-order valence-electron chi connectivity index (χ2n) is 12.8. The largest absolute Gasteiger partial charge is 0.389 e. The normalized spacial score (nSPS) is 16.4. The van der Waals surface area contributed by atoms with E-state index in [2.05, 4.69) is 10.2 Å². The minimum absolute atomic E-state index is 0.236. The molecule has 2 aromatic heterocycles. The molecule has 2 amide bonds. The number of benzene rings is 4. The highest BCUT2D eigenvalue weighted by atomic mass is 35.5. The van der Waals surface area contributed by atoms with E-state index in [0.717, 1.165) is 32.9 Å². The number of aliphatic hydroxyl groups is 1. The fraction of sp³-hybridized carbons (Fsp3) is 0.122. The SMILES string of the molecule is CC1=NN(c2cccc(Cl)c2)C(=O)/C1=C\c1cn(CC(O)Cn2cc(/C=C3\C(=O)N(c4cccc(Cl)c4)N=C3C)c3ccccc32)c2ccccc12. The summed E-state index contributed by atoms with van der Waals surface area (Å²) in [4.78, 5) is 27.0. The van der Waals surface area contributed by atoms with Gasteiger partial charge in [-0.1, -0.05) is 71.7 Å². The highest BCUT2D eigenvalue weighted by Gasteiger charge is 2.30. The molecule has 0 aliphatic carbocycles. The van der Waals surface area contributed by atoms with Crippen LogP contribution in [0.5, 0.6) is 0 Å². The number of para-hydroxylation sites is 2. The van der Waals surface area contributed by atoms with E-state index in [9.17, 15) is 14.7 Å². The van der Waals surface area contributed by atoms with Gasteiger partial charge in [-0.3, -0.25) is 9.59 Å². The minimum Gasteiger partial charge on any atom is -0.389 e. The third kappa shape index (κ3) is 6.13. The van der Waals surface area contributed by atoms with Crippen LogP contribution in [0.1, 0.15) is 25.0 Å². The molecule has 2 aliphatic rings. The lowest BCUT2D eigenvalue weighted by atomic mass is 10.1. The Bertz CT molecular complexity index is 2380. The average Bonchev–Trinajstić information content (AvgIpc) is 3.83. The quantitative estimate of drug-likeness (QED) is 0.159. The number of hydrogen-bond acceptors (Lipinski definition) is 5. The van der Waals surface area contributed by atoms with Crippen LogP contribution in [0.25, 0.3) is 34.0 Å². The molecule has 4 aromatic carbocycles. The second kappa shape index (κ2) is 13.4. The van der Waals surface area contributed by atoms with Crippen molar-refractivity contribution in [3.63, 3.8) is 0 Å². The maximum Gasteiger partial charge on any atom is 0.280 e. The molecule has 4 heterocycles. The van der Waals surface area contributed by atoms with Crippen molar-refractivity contribution < 1.29 is 14.7 Å². The van der Waals surface area contributed by atoms with Crippen LogP contribution in [0.15, 0.2) is 131 Å². The number of aliphatic hydroxyl groups excluding tert-OH is 1. The molecule has 2 aliphatic heterocycles. The molecule has 11 heteroatoms. The first-order valence-electron chi connectivity index (χ1n) is 16.7. The number of carbonyl (C=O) groups is 2. The number of nitrogens with zero attached hydrogens (tertiary/aromatic N) is 6. The summed E-state index contributed by atoms with van der Waals surface area (Å²) >= 11 is 12.4. The van der Waals surface area contributed by atoms with Gasteiger partial charge in [-0.25, -0.2) is 0 Å². The molecule has 1 N–H and O–H groups in total. The van der Waals surface area contributed by atoms with Crippen LogP contribution >= 0.6 is 23.2 Å². The van der Waals surface area contributed by atoms with E-state index in [-0.39, 0.29) is 11.8 Å². The van der Waals surface area contributed by atoms with Gasteiger partial charge in [0.1, 0.15) is 0 Å². The Kier molecular flexibility index (Phi) is 8.63. The van der Waals surface area contributed by atoms with Crippen molar-refractivity contribution in [3.05, 3.63) is 142 Å². The summed E-state index contributed by atoms with van der Waals surface area (Å²) in [5, 5.41) is 26.3. The van der Waals surface area contributed by atoms with Crippen LogP contribution in [0.3, 0.4) is 0 Å². The Morgan fingerprint density at radius 1 is 0.635 bits per heavy atom. The molecule has 0 atom stereocenters. The Morgan fingerprint density at radius 3 is 1.48 bits per heavy atom.